The van der Waals surface area contributed by atoms with Gasteiger partial charge in [-0.3, -0.25) is 19.3 Å². The molecular weight excluding hydrogens is 544 g/mol. The molecule has 4 aromatic carbocycles. The second kappa shape index (κ2) is 12.0. The molecule has 1 aliphatic heterocycles. The molecule has 8 heteroatoms. The van der Waals surface area contributed by atoms with E-state index in [4.69, 9.17) is 16.3 Å². The first-order chi connectivity index (χ1) is 19.3. The fraction of sp³-hybridized carbons (Fsp3) is 0.156. The number of amides is 3. The Kier molecular flexibility index (Phi) is 8.24. The average molecular weight is 571 g/mol. The van der Waals surface area contributed by atoms with Gasteiger partial charge < -0.3 is 10.1 Å². The first kappa shape index (κ1) is 27.5. The van der Waals surface area contributed by atoms with E-state index in [1.807, 2.05) is 72.8 Å². The maximum atomic E-state index is 13.3. The first-order valence-corrected chi connectivity index (χ1v) is 14.0. The molecule has 4 aromatic rings. The minimum absolute atomic E-state index is 0.229. The van der Waals surface area contributed by atoms with Crippen molar-refractivity contribution in [2.45, 2.75) is 26.4 Å². The number of fused-ring (bicyclic) bond motifs is 1. The molecule has 1 heterocycles. The van der Waals surface area contributed by atoms with E-state index in [9.17, 15) is 14.4 Å². The summed E-state index contributed by atoms with van der Waals surface area (Å²) in [6.45, 7) is 4.11. The fourth-order valence-electron chi connectivity index (χ4n) is 4.35. The number of carbonyl (C=O) groups is 3. The zero-order valence-electron chi connectivity index (χ0n) is 22.0. The Labute approximate surface area is 242 Å². The van der Waals surface area contributed by atoms with Crippen molar-refractivity contribution in [3.63, 3.8) is 0 Å². The molecule has 1 N–H and O–H groups in total. The van der Waals surface area contributed by atoms with Gasteiger partial charge in [0.25, 0.3) is 11.1 Å². The van der Waals surface area contributed by atoms with Gasteiger partial charge in [0.1, 0.15) is 18.9 Å². The molecule has 5 rings (SSSR count). The summed E-state index contributed by atoms with van der Waals surface area (Å²) in [5.74, 6) is -0.0187. The molecule has 0 unspecified atom stereocenters. The summed E-state index contributed by atoms with van der Waals surface area (Å²) in [6, 6.07) is 26.5. The Morgan fingerprint density at radius 2 is 1.70 bits per heavy atom. The van der Waals surface area contributed by atoms with E-state index >= 15 is 0 Å². The van der Waals surface area contributed by atoms with E-state index in [-0.39, 0.29) is 11.4 Å². The van der Waals surface area contributed by atoms with E-state index in [0.717, 1.165) is 38.6 Å². The van der Waals surface area contributed by atoms with Crippen LogP contribution in [-0.4, -0.2) is 28.5 Å². The van der Waals surface area contributed by atoms with Crippen LogP contribution in [0.5, 0.6) is 5.75 Å². The number of nitrogens with one attached hydrogen (secondary N) is 1. The maximum absolute atomic E-state index is 13.3. The highest BCUT2D eigenvalue weighted by molar-refractivity contribution is 8.18. The van der Waals surface area contributed by atoms with Gasteiger partial charge in [-0.15, -0.1) is 0 Å². The highest BCUT2D eigenvalue weighted by atomic mass is 35.5. The second-order valence-corrected chi connectivity index (χ2v) is 11.1. The number of hydrogen-bond donors (Lipinski definition) is 1. The van der Waals surface area contributed by atoms with E-state index in [0.29, 0.717) is 34.5 Å². The number of ether oxygens (including phenoxy) is 1. The SMILES string of the molecule is CC(C)c1ccc(NC(=O)CN2C(=O)S/C(=C/c3c(OCc4ccc(Cl)cc4)ccc4ccccc34)C2=O)cc1. The molecule has 3 amide bonds. The van der Waals surface area contributed by atoms with Gasteiger partial charge in [0.15, 0.2) is 0 Å². The minimum atomic E-state index is -0.517. The van der Waals surface area contributed by atoms with Crippen LogP contribution in [0.1, 0.15) is 36.5 Å². The lowest BCUT2D eigenvalue weighted by molar-refractivity contribution is -0.127. The van der Waals surface area contributed by atoms with Gasteiger partial charge >= 0.3 is 0 Å². The molecule has 1 saturated heterocycles. The minimum Gasteiger partial charge on any atom is -0.488 e. The second-order valence-electron chi connectivity index (χ2n) is 9.71. The standard InChI is InChI=1S/C32H27ClN2O4S/c1-20(2)22-9-14-25(15-10-22)34-30(36)18-35-31(37)29(40-32(35)38)17-27-26-6-4-3-5-23(26)11-16-28(27)39-19-21-7-12-24(33)13-8-21/h3-17,20H,18-19H2,1-2H3,(H,34,36)/b29-17+. The Morgan fingerprint density at radius 3 is 2.42 bits per heavy atom. The number of imide groups is 1. The molecule has 1 aliphatic rings. The Morgan fingerprint density at radius 1 is 0.975 bits per heavy atom. The van der Waals surface area contributed by atoms with Crippen LogP contribution in [0.3, 0.4) is 0 Å². The van der Waals surface area contributed by atoms with Gasteiger partial charge in [-0.05, 0) is 76.0 Å². The number of anilines is 1. The highest BCUT2D eigenvalue weighted by Crippen LogP contribution is 2.37. The predicted octanol–water partition coefficient (Wildman–Crippen LogP) is 7.87. The van der Waals surface area contributed by atoms with E-state index < -0.39 is 17.1 Å². The Hall–Kier alpha value is -4.07. The van der Waals surface area contributed by atoms with Crippen molar-refractivity contribution in [1.29, 1.82) is 0 Å². The summed E-state index contributed by atoms with van der Waals surface area (Å²) in [5.41, 5.74) is 3.38. The molecule has 202 valence electrons. The zero-order valence-corrected chi connectivity index (χ0v) is 23.6. The van der Waals surface area contributed by atoms with Gasteiger partial charge in [0, 0.05) is 16.3 Å². The number of benzene rings is 4. The number of thioether (sulfide) groups is 1. The predicted molar refractivity (Wildman–Crippen MR) is 162 cm³/mol. The zero-order chi connectivity index (χ0) is 28.2. The van der Waals surface area contributed by atoms with Crippen LogP contribution < -0.4 is 10.1 Å². The summed E-state index contributed by atoms with van der Waals surface area (Å²) in [4.78, 5) is 39.9. The lowest BCUT2D eigenvalue weighted by atomic mass is 10.0. The highest BCUT2D eigenvalue weighted by Gasteiger charge is 2.36. The molecule has 6 nitrogen and oxygen atoms in total. The number of halogens is 1. The van der Waals surface area contributed by atoms with Crippen molar-refractivity contribution in [2.24, 2.45) is 0 Å². The molecule has 0 aliphatic carbocycles. The van der Waals surface area contributed by atoms with Crippen LogP contribution in [0.2, 0.25) is 5.02 Å². The fourth-order valence-corrected chi connectivity index (χ4v) is 5.30. The third-order valence-electron chi connectivity index (χ3n) is 6.55. The number of hydrogen-bond acceptors (Lipinski definition) is 5. The number of carbonyl (C=O) groups excluding carboxylic acids is 3. The van der Waals surface area contributed by atoms with Crippen molar-refractivity contribution in [3.05, 3.63) is 112 Å². The molecule has 0 bridgehead atoms. The van der Waals surface area contributed by atoms with Crippen molar-refractivity contribution in [2.75, 3.05) is 11.9 Å². The van der Waals surface area contributed by atoms with Crippen LogP contribution in [-0.2, 0) is 16.2 Å². The third-order valence-corrected chi connectivity index (χ3v) is 7.71. The van der Waals surface area contributed by atoms with E-state index in [1.54, 1.807) is 18.2 Å². The quantitative estimate of drug-likeness (QED) is 0.218. The normalized spacial score (nSPS) is 14.4. The van der Waals surface area contributed by atoms with Gasteiger partial charge in [-0.25, -0.2) is 0 Å². The summed E-state index contributed by atoms with van der Waals surface area (Å²) >= 11 is 6.81. The molecular formula is C32H27ClN2O4S. The van der Waals surface area contributed by atoms with Crippen LogP contribution in [0.4, 0.5) is 10.5 Å². The molecule has 0 atom stereocenters. The largest absolute Gasteiger partial charge is 0.488 e. The Bertz CT molecular complexity index is 1610. The average Bonchev–Trinajstić information content (AvgIpc) is 3.21. The summed E-state index contributed by atoms with van der Waals surface area (Å²) < 4.78 is 6.15. The van der Waals surface area contributed by atoms with E-state index in [2.05, 4.69) is 19.2 Å². The topological polar surface area (TPSA) is 75.7 Å². The molecule has 0 spiro atoms. The molecule has 0 saturated carbocycles. The van der Waals surface area contributed by atoms with Crippen LogP contribution >= 0.6 is 23.4 Å². The molecule has 1 fully saturated rings. The van der Waals surface area contributed by atoms with Crippen molar-refractivity contribution in [1.82, 2.24) is 4.90 Å². The first-order valence-electron chi connectivity index (χ1n) is 12.8. The van der Waals surface area contributed by atoms with Crippen molar-refractivity contribution in [3.8, 4) is 5.75 Å². The Balaban J connectivity index is 1.36. The van der Waals surface area contributed by atoms with Crippen LogP contribution in [0.15, 0.2) is 89.8 Å². The number of nitrogens with zero attached hydrogens (tertiary/aromatic N) is 1. The monoisotopic (exact) mass is 570 g/mol. The van der Waals surface area contributed by atoms with Crippen molar-refractivity contribution >= 4 is 63.0 Å². The summed E-state index contributed by atoms with van der Waals surface area (Å²) in [6.07, 6.45) is 1.67. The summed E-state index contributed by atoms with van der Waals surface area (Å²) in [5, 5.41) is 4.76. The van der Waals surface area contributed by atoms with E-state index in [1.165, 1.54) is 0 Å². The van der Waals surface area contributed by atoms with Crippen molar-refractivity contribution < 1.29 is 19.1 Å². The van der Waals surface area contributed by atoms with Crippen LogP contribution in [0.25, 0.3) is 16.8 Å². The molecule has 0 aromatic heterocycles. The van der Waals surface area contributed by atoms with Gasteiger partial charge in [-0.2, -0.15) is 0 Å². The third kappa shape index (κ3) is 6.22. The van der Waals surface area contributed by atoms with Crippen LogP contribution in [0, 0.1) is 0 Å². The van der Waals surface area contributed by atoms with Gasteiger partial charge in [0.05, 0.1) is 4.91 Å². The number of rotatable bonds is 8. The smallest absolute Gasteiger partial charge is 0.294 e. The maximum Gasteiger partial charge on any atom is 0.294 e. The lowest BCUT2D eigenvalue weighted by Crippen LogP contribution is -2.36. The molecule has 40 heavy (non-hydrogen) atoms. The van der Waals surface area contributed by atoms with Gasteiger partial charge in [-0.1, -0.05) is 80.0 Å². The lowest BCUT2D eigenvalue weighted by Gasteiger charge is -2.14. The summed E-state index contributed by atoms with van der Waals surface area (Å²) in [7, 11) is 0. The molecule has 0 radical (unpaired) electrons. The van der Waals surface area contributed by atoms with Gasteiger partial charge in [0.2, 0.25) is 5.91 Å².